The fraction of sp³-hybridized carbons (Fsp3) is 0.468. The van der Waals surface area contributed by atoms with Gasteiger partial charge < -0.3 is 35.0 Å². The molecule has 5 aromatic rings. The number of hydrogen-bond acceptors (Lipinski definition) is 11. The van der Waals surface area contributed by atoms with Crippen molar-refractivity contribution in [3.05, 3.63) is 78.9 Å². The quantitative estimate of drug-likeness (QED) is 0.156. The third-order valence-corrected chi connectivity index (χ3v) is 15.1. The summed E-state index contributed by atoms with van der Waals surface area (Å²) < 4.78 is 17.9. The molecule has 322 valence electrons. The number of anilines is 5. The van der Waals surface area contributed by atoms with Crippen molar-refractivity contribution in [1.29, 1.82) is 0 Å². The van der Waals surface area contributed by atoms with Crippen LogP contribution < -0.4 is 30.7 Å². The number of halogens is 1. The van der Waals surface area contributed by atoms with Gasteiger partial charge in [-0.1, -0.05) is 12.1 Å². The number of aromatic nitrogens is 4. The van der Waals surface area contributed by atoms with Gasteiger partial charge >= 0.3 is 6.03 Å². The fourth-order valence-electron chi connectivity index (χ4n) is 11.7. The summed E-state index contributed by atoms with van der Waals surface area (Å²) in [6.45, 7) is 7.04. The summed E-state index contributed by atoms with van der Waals surface area (Å²) in [6, 6.07) is 19.4. The number of benzene rings is 2. The summed E-state index contributed by atoms with van der Waals surface area (Å²) in [6.07, 6.45) is 13.2. The minimum atomic E-state index is -0.388. The second kappa shape index (κ2) is 15.4. The third-order valence-electron chi connectivity index (χ3n) is 15.1. The monoisotopic (exact) mass is 839 g/mol. The molecule has 0 radical (unpaired) electrons. The Morgan fingerprint density at radius 2 is 1.60 bits per heavy atom. The van der Waals surface area contributed by atoms with Gasteiger partial charge in [0.15, 0.2) is 5.82 Å². The van der Waals surface area contributed by atoms with Crippen LogP contribution in [0.3, 0.4) is 0 Å². The number of urea groups is 1. The van der Waals surface area contributed by atoms with Crippen LogP contribution in [0.2, 0.25) is 0 Å². The first-order valence-electron chi connectivity index (χ1n) is 22.5. The number of carbonyl (C=O) groups excluding carboxylic acids is 2. The van der Waals surface area contributed by atoms with Crippen LogP contribution in [0.15, 0.2) is 73.1 Å². The van der Waals surface area contributed by atoms with Crippen molar-refractivity contribution in [3.8, 4) is 17.0 Å². The molecule has 1 aliphatic carbocycles. The zero-order valence-electron chi connectivity index (χ0n) is 35.0. The first-order valence-corrected chi connectivity index (χ1v) is 22.5. The maximum absolute atomic E-state index is 15.6. The van der Waals surface area contributed by atoms with E-state index in [2.05, 4.69) is 58.0 Å². The summed E-state index contributed by atoms with van der Waals surface area (Å²) in [4.78, 5) is 40.1. The highest BCUT2D eigenvalue weighted by Gasteiger charge is 2.47. The molecular weight excluding hydrogens is 786 g/mol. The van der Waals surface area contributed by atoms with Crippen LogP contribution in [-0.2, 0) is 4.79 Å². The molecule has 2 bridgehead atoms. The summed E-state index contributed by atoms with van der Waals surface area (Å²) >= 11 is 0. The second-order valence-corrected chi connectivity index (χ2v) is 18.7. The van der Waals surface area contributed by atoms with E-state index in [1.165, 1.54) is 25.7 Å². The van der Waals surface area contributed by atoms with Crippen LogP contribution in [0, 0.1) is 17.2 Å². The number of nitrogens with two attached hydrogens (primary N) is 1. The maximum Gasteiger partial charge on any atom is 0.328 e. The van der Waals surface area contributed by atoms with Gasteiger partial charge in [-0.2, -0.15) is 0 Å². The molecular formula is C47H54FN11O3. The number of piperidine rings is 2. The number of nitrogen functional groups attached to an aromatic ring is 1. The number of imide groups is 1. The Kier molecular flexibility index (Phi) is 9.69. The lowest BCUT2D eigenvalue weighted by molar-refractivity contribution is -0.120. The van der Waals surface area contributed by atoms with Crippen molar-refractivity contribution in [1.82, 2.24) is 30.0 Å². The number of piperazine rings is 1. The van der Waals surface area contributed by atoms with E-state index in [1.54, 1.807) is 29.3 Å². The SMILES string of the molecule is Nc1nnc(-c2ccccc2O)cc1N1CC2CCC(C1)N2c1ccc(F)c(N2CCC(CN3CCC4(CC3)CC(n3ccc5cc(N6CCC(=O)NC6=O)cnc53)C4)CC2)c1. The van der Waals surface area contributed by atoms with Gasteiger partial charge in [-0.25, -0.2) is 14.2 Å². The van der Waals surface area contributed by atoms with Crippen LogP contribution in [-0.4, -0.2) is 106 Å². The lowest BCUT2D eigenvalue weighted by Crippen LogP contribution is -2.54. The average Bonchev–Trinajstić information content (AvgIpc) is 3.80. The smallest absolute Gasteiger partial charge is 0.328 e. The Morgan fingerprint density at radius 1 is 0.823 bits per heavy atom. The standard InChI is InChI=1S/C47H54FN11O3/c48-38-8-7-32(59-33-5-6-34(59)29-56(28-33)41-23-39(52-53-44(41)49)37-3-1-2-4-42(37)60)22-40(38)55-15-9-30(10-16-55)27-54-19-13-47(14-20-54)24-36(25-47)57-17-11-31-21-35(26-50-45(31)57)58-18-12-43(61)51-46(58)62/h1-4,7-8,11,17,21-23,26,30,33-34,36,60H,5-6,9-10,12-16,18-20,24-25,27-29H2,(H2,49,53)(H,51,61,62). The largest absolute Gasteiger partial charge is 0.507 e. The summed E-state index contributed by atoms with van der Waals surface area (Å²) in [5, 5.41) is 22.4. The average molecular weight is 840 g/mol. The topological polar surface area (TPSA) is 152 Å². The highest BCUT2D eigenvalue weighted by Crippen LogP contribution is 2.55. The van der Waals surface area contributed by atoms with Gasteiger partial charge in [0, 0.05) is 86.6 Å². The number of aromatic hydroxyl groups is 1. The van der Waals surface area contributed by atoms with Crippen LogP contribution in [0.25, 0.3) is 22.3 Å². The Bertz CT molecular complexity index is 2510. The van der Waals surface area contributed by atoms with Crippen LogP contribution in [0.4, 0.5) is 37.8 Å². The van der Waals surface area contributed by atoms with Crippen molar-refractivity contribution in [2.75, 3.05) is 77.7 Å². The summed E-state index contributed by atoms with van der Waals surface area (Å²) in [5.74, 6) is 0.768. The van der Waals surface area contributed by atoms with E-state index in [0.717, 1.165) is 99.6 Å². The molecule has 3 aromatic heterocycles. The number of para-hydroxylation sites is 1. The number of hydrogen-bond donors (Lipinski definition) is 3. The second-order valence-electron chi connectivity index (χ2n) is 18.7. The lowest BCUT2D eigenvalue weighted by Gasteiger charge is -2.53. The van der Waals surface area contributed by atoms with E-state index in [4.69, 9.17) is 10.7 Å². The molecule has 2 atom stereocenters. The lowest BCUT2D eigenvalue weighted by atomic mass is 9.60. The highest BCUT2D eigenvalue weighted by atomic mass is 19.1. The van der Waals surface area contributed by atoms with Crippen molar-refractivity contribution in [2.45, 2.75) is 75.9 Å². The van der Waals surface area contributed by atoms with Gasteiger partial charge in [0.1, 0.15) is 17.2 Å². The number of rotatable bonds is 8. The van der Waals surface area contributed by atoms with Crippen molar-refractivity contribution in [3.63, 3.8) is 0 Å². The molecule has 1 spiro atoms. The first-order chi connectivity index (χ1) is 30.2. The molecule has 2 aromatic carbocycles. The van der Waals surface area contributed by atoms with E-state index >= 15 is 4.39 Å². The number of carbonyl (C=O) groups is 2. The van der Waals surface area contributed by atoms with E-state index in [9.17, 15) is 14.7 Å². The third kappa shape index (κ3) is 7.03. The molecule has 6 fully saturated rings. The molecule has 5 aliphatic heterocycles. The Morgan fingerprint density at radius 3 is 2.35 bits per heavy atom. The molecule has 1 saturated carbocycles. The van der Waals surface area contributed by atoms with Gasteiger partial charge in [-0.05, 0) is 124 Å². The Balaban J connectivity index is 0.671. The highest BCUT2D eigenvalue weighted by molar-refractivity contribution is 6.06. The molecule has 4 N–H and O–H groups in total. The zero-order chi connectivity index (χ0) is 42.1. The number of phenols is 1. The minimum Gasteiger partial charge on any atom is -0.507 e. The van der Waals surface area contributed by atoms with Gasteiger partial charge in [0.2, 0.25) is 5.91 Å². The molecule has 14 nitrogen and oxygen atoms in total. The number of likely N-dealkylation sites (tertiary alicyclic amines) is 1. The van der Waals surface area contributed by atoms with Crippen LogP contribution in [0.1, 0.15) is 63.8 Å². The summed E-state index contributed by atoms with van der Waals surface area (Å²) in [5.41, 5.74) is 12.3. The molecule has 8 heterocycles. The molecule has 5 saturated heterocycles. The number of fused-ring (bicyclic) bond motifs is 3. The van der Waals surface area contributed by atoms with Crippen molar-refractivity contribution >= 4 is 51.5 Å². The predicted octanol–water partition coefficient (Wildman–Crippen LogP) is 6.56. The van der Waals surface area contributed by atoms with Crippen molar-refractivity contribution < 1.29 is 19.1 Å². The molecule has 2 unspecified atom stereocenters. The van der Waals surface area contributed by atoms with Gasteiger partial charge in [0.05, 0.1) is 29.0 Å². The van der Waals surface area contributed by atoms with Crippen molar-refractivity contribution in [2.24, 2.45) is 11.3 Å². The molecule has 6 aliphatic rings. The first kappa shape index (κ1) is 38.9. The van der Waals surface area contributed by atoms with E-state index in [-0.39, 0.29) is 35.6 Å². The van der Waals surface area contributed by atoms with Gasteiger partial charge in [-0.3, -0.25) is 15.0 Å². The number of nitrogens with zero attached hydrogens (tertiary/aromatic N) is 9. The van der Waals surface area contributed by atoms with Crippen LogP contribution in [0.5, 0.6) is 5.75 Å². The fourth-order valence-corrected chi connectivity index (χ4v) is 11.7. The van der Waals surface area contributed by atoms with E-state index < -0.39 is 0 Å². The Hall–Kier alpha value is -5.96. The minimum absolute atomic E-state index is 0.149. The van der Waals surface area contributed by atoms with Gasteiger partial charge in [-0.15, -0.1) is 10.2 Å². The summed E-state index contributed by atoms with van der Waals surface area (Å²) in [7, 11) is 0. The maximum atomic E-state index is 15.6. The number of amides is 3. The number of pyridine rings is 1. The molecule has 15 heteroatoms. The Labute approximate surface area is 360 Å². The normalized spacial score (nSPS) is 23.4. The molecule has 3 amide bonds. The predicted molar refractivity (Wildman–Crippen MR) is 238 cm³/mol. The zero-order valence-corrected chi connectivity index (χ0v) is 35.0. The molecule has 62 heavy (non-hydrogen) atoms. The van der Waals surface area contributed by atoms with Crippen LogP contribution >= 0.6 is 0 Å². The number of nitrogens with one attached hydrogen (secondary N) is 1. The molecule has 11 rings (SSSR count). The van der Waals surface area contributed by atoms with E-state index in [0.29, 0.717) is 53.1 Å². The number of phenolic OH excluding ortho intramolecular Hbond substituents is 1. The van der Waals surface area contributed by atoms with Gasteiger partial charge in [0.25, 0.3) is 0 Å². The van der Waals surface area contributed by atoms with E-state index in [1.807, 2.05) is 30.3 Å².